The summed E-state index contributed by atoms with van der Waals surface area (Å²) in [6, 6.07) is 7.89. The van der Waals surface area contributed by atoms with Crippen LogP contribution in [0.25, 0.3) is 0 Å². The first kappa shape index (κ1) is 13.4. The topological polar surface area (TPSA) is 29.5 Å². The molecule has 0 saturated heterocycles. The van der Waals surface area contributed by atoms with Crippen molar-refractivity contribution in [2.24, 2.45) is 11.8 Å². The molecule has 1 aliphatic rings. The van der Waals surface area contributed by atoms with Crippen LogP contribution >= 0.6 is 0 Å². The van der Waals surface area contributed by atoms with Gasteiger partial charge in [0.1, 0.15) is 5.75 Å². The number of benzene rings is 1. The third-order valence-electron chi connectivity index (χ3n) is 3.89. The van der Waals surface area contributed by atoms with Gasteiger partial charge in [0.2, 0.25) is 0 Å². The summed E-state index contributed by atoms with van der Waals surface area (Å²) in [5.41, 5.74) is 0.274. The van der Waals surface area contributed by atoms with Crippen LogP contribution < -0.4 is 4.74 Å². The van der Waals surface area contributed by atoms with Crippen molar-refractivity contribution in [1.29, 1.82) is 0 Å². The minimum atomic E-state index is -0.680. The third-order valence-corrected chi connectivity index (χ3v) is 3.89. The van der Waals surface area contributed by atoms with Crippen molar-refractivity contribution in [3.05, 3.63) is 29.8 Å². The van der Waals surface area contributed by atoms with E-state index in [0.29, 0.717) is 11.8 Å². The molecule has 1 fully saturated rings. The molecule has 1 aromatic rings. The van der Waals surface area contributed by atoms with Crippen molar-refractivity contribution < 1.29 is 9.84 Å². The minimum Gasteiger partial charge on any atom is -0.491 e. The zero-order valence-corrected chi connectivity index (χ0v) is 11.8. The van der Waals surface area contributed by atoms with Gasteiger partial charge in [0, 0.05) is 5.56 Å². The van der Waals surface area contributed by atoms with Gasteiger partial charge in [-0.05, 0) is 44.6 Å². The van der Waals surface area contributed by atoms with Crippen LogP contribution in [0.3, 0.4) is 0 Å². The van der Waals surface area contributed by atoms with Crippen molar-refractivity contribution >= 4 is 0 Å². The predicted molar refractivity (Wildman–Crippen MR) is 73.7 cm³/mol. The normalized spacial score (nSPS) is 27.4. The Morgan fingerprint density at radius 1 is 1.17 bits per heavy atom. The average Bonchev–Trinajstić information content (AvgIpc) is 2.24. The molecule has 0 heterocycles. The monoisotopic (exact) mass is 248 g/mol. The van der Waals surface area contributed by atoms with Gasteiger partial charge in [-0.15, -0.1) is 0 Å². The Morgan fingerprint density at radius 3 is 2.33 bits per heavy atom. The highest BCUT2D eigenvalue weighted by molar-refractivity contribution is 5.39. The molecule has 0 spiro atoms. The average molecular weight is 248 g/mol. The molecule has 18 heavy (non-hydrogen) atoms. The molecule has 1 aliphatic carbocycles. The van der Waals surface area contributed by atoms with Crippen molar-refractivity contribution in [1.82, 2.24) is 0 Å². The van der Waals surface area contributed by atoms with Crippen molar-refractivity contribution in [2.75, 3.05) is 0 Å². The highest BCUT2D eigenvalue weighted by atomic mass is 16.5. The van der Waals surface area contributed by atoms with Crippen molar-refractivity contribution in [3.8, 4) is 5.75 Å². The van der Waals surface area contributed by atoms with E-state index in [1.807, 2.05) is 38.1 Å². The van der Waals surface area contributed by atoms with Crippen LogP contribution in [0.5, 0.6) is 5.75 Å². The van der Waals surface area contributed by atoms with E-state index in [1.54, 1.807) is 0 Å². The lowest BCUT2D eigenvalue weighted by Gasteiger charge is -2.46. The Morgan fingerprint density at radius 2 is 1.78 bits per heavy atom. The molecule has 0 aliphatic heterocycles. The largest absolute Gasteiger partial charge is 0.491 e. The molecule has 0 radical (unpaired) electrons. The zero-order valence-electron chi connectivity index (χ0n) is 11.8. The van der Waals surface area contributed by atoms with Gasteiger partial charge in [-0.2, -0.15) is 0 Å². The lowest BCUT2D eigenvalue weighted by atomic mass is 9.63. The maximum Gasteiger partial charge on any atom is 0.125 e. The predicted octanol–water partition coefficient (Wildman–Crippen LogP) is 3.73. The Kier molecular flexibility index (Phi) is 3.67. The van der Waals surface area contributed by atoms with E-state index in [2.05, 4.69) is 13.8 Å². The lowest BCUT2D eigenvalue weighted by Crippen LogP contribution is -2.43. The fraction of sp³-hybridized carbons (Fsp3) is 0.625. The van der Waals surface area contributed by atoms with Gasteiger partial charge in [0.25, 0.3) is 0 Å². The van der Waals surface area contributed by atoms with Crippen molar-refractivity contribution in [3.63, 3.8) is 0 Å². The maximum absolute atomic E-state index is 10.7. The van der Waals surface area contributed by atoms with Gasteiger partial charge < -0.3 is 9.84 Å². The van der Waals surface area contributed by atoms with E-state index in [9.17, 15) is 5.11 Å². The molecular weight excluding hydrogens is 224 g/mol. The highest BCUT2D eigenvalue weighted by Crippen LogP contribution is 2.51. The molecule has 1 aromatic carbocycles. The van der Waals surface area contributed by atoms with Crippen LogP contribution in [0.1, 0.15) is 46.1 Å². The van der Waals surface area contributed by atoms with Crippen molar-refractivity contribution in [2.45, 2.75) is 52.2 Å². The Labute approximate surface area is 110 Å². The molecule has 1 saturated carbocycles. The Bertz CT molecular complexity index is 403. The van der Waals surface area contributed by atoms with Gasteiger partial charge in [0.05, 0.1) is 11.7 Å². The first-order valence-corrected chi connectivity index (χ1v) is 6.91. The molecule has 2 nitrogen and oxygen atoms in total. The Hall–Kier alpha value is -1.02. The molecule has 1 N–H and O–H groups in total. The third kappa shape index (κ3) is 2.54. The second kappa shape index (κ2) is 4.93. The van der Waals surface area contributed by atoms with Gasteiger partial charge in [0.15, 0.2) is 0 Å². The van der Waals surface area contributed by atoms with Crippen LogP contribution in [0.2, 0.25) is 0 Å². The zero-order chi connectivity index (χ0) is 13.3. The van der Waals surface area contributed by atoms with Crippen LogP contribution in [0.4, 0.5) is 0 Å². The number of rotatable bonds is 4. The van der Waals surface area contributed by atoms with Gasteiger partial charge in [-0.1, -0.05) is 32.0 Å². The van der Waals surface area contributed by atoms with E-state index in [4.69, 9.17) is 4.74 Å². The number of ether oxygens (including phenoxy) is 1. The number of hydrogen-bond donors (Lipinski definition) is 1. The number of aliphatic hydroxyl groups is 1. The Balaban J connectivity index is 2.19. The van der Waals surface area contributed by atoms with Crippen LogP contribution in [-0.2, 0) is 5.60 Å². The second-order valence-corrected chi connectivity index (χ2v) is 6.11. The first-order valence-electron chi connectivity index (χ1n) is 6.91. The smallest absolute Gasteiger partial charge is 0.125 e. The highest BCUT2D eigenvalue weighted by Gasteiger charge is 2.46. The SMILES string of the molecule is CC(C)Oc1ccccc1C1(O)CC(C(C)C)C1. The van der Waals surface area contributed by atoms with E-state index >= 15 is 0 Å². The fourth-order valence-corrected chi connectivity index (χ4v) is 2.71. The van der Waals surface area contributed by atoms with E-state index in [-0.39, 0.29) is 6.10 Å². The minimum absolute atomic E-state index is 0.135. The van der Waals surface area contributed by atoms with Gasteiger partial charge in [-0.3, -0.25) is 0 Å². The van der Waals surface area contributed by atoms with Gasteiger partial charge >= 0.3 is 0 Å². The summed E-state index contributed by atoms with van der Waals surface area (Å²) in [7, 11) is 0. The molecule has 2 rings (SSSR count). The molecule has 0 bridgehead atoms. The standard InChI is InChI=1S/C16H24O2/c1-11(2)13-9-16(17,10-13)14-7-5-6-8-15(14)18-12(3)4/h5-8,11-13,17H,9-10H2,1-4H3. The maximum atomic E-state index is 10.7. The summed E-state index contributed by atoms with van der Waals surface area (Å²) in [5.74, 6) is 2.10. The van der Waals surface area contributed by atoms with E-state index in [0.717, 1.165) is 24.2 Å². The summed E-state index contributed by atoms with van der Waals surface area (Å²) in [4.78, 5) is 0. The first-order chi connectivity index (χ1) is 8.42. The molecule has 0 amide bonds. The fourth-order valence-electron chi connectivity index (χ4n) is 2.71. The van der Waals surface area contributed by atoms with E-state index in [1.165, 1.54) is 0 Å². The quantitative estimate of drug-likeness (QED) is 0.879. The molecule has 100 valence electrons. The van der Waals surface area contributed by atoms with Gasteiger partial charge in [-0.25, -0.2) is 0 Å². The van der Waals surface area contributed by atoms with Crippen LogP contribution in [0, 0.1) is 11.8 Å². The summed E-state index contributed by atoms with van der Waals surface area (Å²) < 4.78 is 5.80. The number of hydrogen-bond acceptors (Lipinski definition) is 2. The summed E-state index contributed by atoms with van der Waals surface area (Å²) in [6.45, 7) is 8.47. The van der Waals surface area contributed by atoms with Crippen LogP contribution in [0.15, 0.2) is 24.3 Å². The summed E-state index contributed by atoms with van der Waals surface area (Å²) in [6.07, 6.45) is 1.84. The van der Waals surface area contributed by atoms with Crippen LogP contribution in [-0.4, -0.2) is 11.2 Å². The molecule has 2 heteroatoms. The number of para-hydroxylation sites is 1. The summed E-state index contributed by atoms with van der Waals surface area (Å²) >= 11 is 0. The molecule has 0 unspecified atom stereocenters. The lowest BCUT2D eigenvalue weighted by molar-refractivity contribution is -0.0950. The second-order valence-electron chi connectivity index (χ2n) is 6.11. The molecule has 0 aromatic heterocycles. The molecule has 0 atom stereocenters. The summed E-state index contributed by atoms with van der Waals surface area (Å²) in [5, 5.41) is 10.7. The van der Waals surface area contributed by atoms with E-state index < -0.39 is 5.60 Å². The molecular formula is C16H24O2.